The molecule has 2 nitrogen and oxygen atoms in total. The summed E-state index contributed by atoms with van der Waals surface area (Å²) in [6, 6.07) is 0. The van der Waals surface area contributed by atoms with Crippen LogP contribution in [-0.4, -0.2) is 27.0 Å². The first-order valence-electron chi connectivity index (χ1n) is 9.30. The van der Waals surface area contributed by atoms with Crippen LogP contribution in [0.3, 0.4) is 0 Å². The standard InChI is InChI=1S/C19H28O2S/c1-17-7-6-14-12(13(17)3-4-15(17)21)9-16-19(22-16)10-11(20)5-8-18(14,19)2/h11-14,16,20H,3-10H2,1-2H3/t11-,12-,13-,14-,16?,17-,18+,19?/m0/s1. The van der Waals surface area contributed by atoms with Gasteiger partial charge in [0.05, 0.1) is 6.10 Å². The van der Waals surface area contributed by atoms with Crippen molar-refractivity contribution in [3.05, 3.63) is 0 Å². The molecular formula is C19H28O2S. The normalized spacial score (nSPS) is 62.7. The average Bonchev–Trinajstić information content (AvgIpc) is 3.08. The zero-order valence-corrected chi connectivity index (χ0v) is 14.6. The van der Waals surface area contributed by atoms with Gasteiger partial charge >= 0.3 is 0 Å². The minimum Gasteiger partial charge on any atom is -0.393 e. The summed E-state index contributed by atoms with van der Waals surface area (Å²) in [6.45, 7) is 4.82. The SMILES string of the molecule is C[C@]12CC[C@H]3[C@@H](CC4SC45C[C@@H](O)CC[C@]35C)[C@@H]1CCC2=O. The van der Waals surface area contributed by atoms with Crippen LogP contribution in [0.5, 0.6) is 0 Å². The fraction of sp³-hybridized carbons (Fsp3) is 0.947. The zero-order chi connectivity index (χ0) is 15.3. The Balaban J connectivity index is 1.53. The van der Waals surface area contributed by atoms with Crippen LogP contribution in [0.15, 0.2) is 0 Å². The third-order valence-corrected chi connectivity index (χ3v) is 10.7. The van der Waals surface area contributed by atoms with Crippen molar-refractivity contribution < 1.29 is 9.90 Å². The molecule has 3 heteroatoms. The van der Waals surface area contributed by atoms with Crippen LogP contribution in [0, 0.1) is 28.6 Å². The molecule has 1 saturated heterocycles. The fourth-order valence-electron chi connectivity index (χ4n) is 7.43. The van der Waals surface area contributed by atoms with Crippen molar-refractivity contribution in [1.82, 2.24) is 0 Å². The minimum absolute atomic E-state index is 0.00522. The van der Waals surface area contributed by atoms with Crippen LogP contribution in [0.2, 0.25) is 0 Å². The maximum absolute atomic E-state index is 12.5. The highest BCUT2D eigenvalue weighted by Crippen LogP contribution is 2.79. The lowest BCUT2D eigenvalue weighted by molar-refractivity contribution is -0.136. The molecule has 2 unspecified atom stereocenters. The first-order chi connectivity index (χ1) is 10.4. The predicted octanol–water partition coefficient (Wildman–Crippen LogP) is 3.81. The highest BCUT2D eigenvalue weighted by molar-refractivity contribution is 8.08. The van der Waals surface area contributed by atoms with Crippen LogP contribution in [0.4, 0.5) is 0 Å². The third-order valence-electron chi connectivity index (χ3n) is 8.77. The van der Waals surface area contributed by atoms with E-state index >= 15 is 0 Å². The Kier molecular flexibility index (Phi) is 2.70. The van der Waals surface area contributed by atoms with E-state index in [-0.39, 0.29) is 11.5 Å². The van der Waals surface area contributed by atoms with Gasteiger partial charge in [-0.15, -0.1) is 11.8 Å². The van der Waals surface area contributed by atoms with Crippen LogP contribution in [0.25, 0.3) is 0 Å². The molecule has 22 heavy (non-hydrogen) atoms. The van der Waals surface area contributed by atoms with Gasteiger partial charge in [0, 0.05) is 21.8 Å². The molecule has 1 N–H and O–H groups in total. The molecule has 0 bridgehead atoms. The molecule has 5 fully saturated rings. The number of hydrogen-bond donors (Lipinski definition) is 1. The van der Waals surface area contributed by atoms with E-state index in [9.17, 15) is 9.90 Å². The molecule has 5 aliphatic rings. The van der Waals surface area contributed by atoms with Crippen molar-refractivity contribution in [3.63, 3.8) is 0 Å². The van der Waals surface area contributed by atoms with Gasteiger partial charge in [-0.05, 0) is 68.1 Å². The first-order valence-corrected chi connectivity index (χ1v) is 10.2. The van der Waals surface area contributed by atoms with Crippen molar-refractivity contribution in [2.24, 2.45) is 28.6 Å². The predicted molar refractivity (Wildman–Crippen MR) is 88.7 cm³/mol. The topological polar surface area (TPSA) is 37.3 Å². The van der Waals surface area contributed by atoms with E-state index in [0.717, 1.165) is 49.2 Å². The molecule has 1 heterocycles. The van der Waals surface area contributed by atoms with E-state index in [1.54, 1.807) is 0 Å². The van der Waals surface area contributed by atoms with Gasteiger partial charge < -0.3 is 5.11 Å². The third kappa shape index (κ3) is 1.47. The van der Waals surface area contributed by atoms with Gasteiger partial charge in [0.15, 0.2) is 0 Å². The second kappa shape index (κ2) is 4.14. The summed E-state index contributed by atoms with van der Waals surface area (Å²) in [6.07, 6.45) is 8.86. The molecule has 0 aromatic rings. The Morgan fingerprint density at radius 1 is 1.14 bits per heavy atom. The molecule has 4 aliphatic carbocycles. The zero-order valence-electron chi connectivity index (χ0n) is 13.8. The van der Waals surface area contributed by atoms with Crippen LogP contribution >= 0.6 is 11.8 Å². The smallest absolute Gasteiger partial charge is 0.139 e. The Morgan fingerprint density at radius 2 is 1.95 bits per heavy atom. The maximum Gasteiger partial charge on any atom is 0.139 e. The Hall–Kier alpha value is -0.0200. The molecule has 1 aliphatic heterocycles. The molecule has 4 saturated carbocycles. The number of aliphatic hydroxyl groups is 1. The Morgan fingerprint density at radius 3 is 2.77 bits per heavy atom. The molecule has 0 amide bonds. The maximum atomic E-state index is 12.5. The molecule has 1 spiro atoms. The Labute approximate surface area is 137 Å². The average molecular weight is 320 g/mol. The monoisotopic (exact) mass is 320 g/mol. The number of fused-ring (bicyclic) bond motifs is 4. The van der Waals surface area contributed by atoms with Crippen molar-refractivity contribution in [2.75, 3.05) is 0 Å². The van der Waals surface area contributed by atoms with Gasteiger partial charge in [-0.1, -0.05) is 13.8 Å². The molecule has 5 rings (SSSR count). The van der Waals surface area contributed by atoms with Crippen LogP contribution < -0.4 is 0 Å². The van der Waals surface area contributed by atoms with Crippen LogP contribution in [-0.2, 0) is 4.79 Å². The van der Waals surface area contributed by atoms with Gasteiger partial charge in [0.25, 0.3) is 0 Å². The number of Topliss-reactive ketones (excluding diaryl/α,β-unsaturated/α-hetero) is 1. The quantitative estimate of drug-likeness (QED) is 0.690. The van der Waals surface area contributed by atoms with Crippen molar-refractivity contribution >= 4 is 17.5 Å². The second-order valence-electron chi connectivity index (χ2n) is 9.34. The fourth-order valence-corrected chi connectivity index (χ4v) is 9.46. The van der Waals surface area contributed by atoms with Gasteiger partial charge in [0.2, 0.25) is 0 Å². The summed E-state index contributed by atoms with van der Waals surface area (Å²) < 4.78 is 0.391. The van der Waals surface area contributed by atoms with Gasteiger partial charge in [-0.2, -0.15) is 0 Å². The Bertz CT molecular complexity index is 548. The summed E-state index contributed by atoms with van der Waals surface area (Å²) >= 11 is 2.19. The molecule has 8 atom stereocenters. The lowest BCUT2D eigenvalue weighted by Gasteiger charge is -2.59. The van der Waals surface area contributed by atoms with Gasteiger partial charge in [0.1, 0.15) is 5.78 Å². The summed E-state index contributed by atoms with van der Waals surface area (Å²) in [7, 11) is 0. The lowest BCUT2D eigenvalue weighted by atomic mass is 9.45. The molecule has 122 valence electrons. The van der Waals surface area contributed by atoms with Gasteiger partial charge in [-0.25, -0.2) is 0 Å². The van der Waals surface area contributed by atoms with Crippen LogP contribution in [0.1, 0.15) is 65.2 Å². The number of rotatable bonds is 0. The number of ketones is 1. The molecule has 0 radical (unpaired) electrons. The van der Waals surface area contributed by atoms with Gasteiger partial charge in [-0.3, -0.25) is 4.79 Å². The molecule has 0 aromatic heterocycles. The highest BCUT2D eigenvalue weighted by atomic mass is 32.2. The number of carbonyl (C=O) groups is 1. The lowest BCUT2D eigenvalue weighted by Crippen LogP contribution is -2.58. The van der Waals surface area contributed by atoms with E-state index in [0.29, 0.717) is 21.9 Å². The number of aliphatic hydroxyl groups excluding tert-OH is 1. The molecule has 0 aromatic carbocycles. The van der Waals surface area contributed by atoms with E-state index in [2.05, 4.69) is 25.6 Å². The van der Waals surface area contributed by atoms with Crippen molar-refractivity contribution in [2.45, 2.75) is 81.3 Å². The van der Waals surface area contributed by atoms with E-state index < -0.39 is 0 Å². The largest absolute Gasteiger partial charge is 0.393 e. The van der Waals surface area contributed by atoms with Crippen molar-refractivity contribution in [3.8, 4) is 0 Å². The second-order valence-corrected chi connectivity index (χ2v) is 10.9. The summed E-state index contributed by atoms with van der Waals surface area (Å²) in [5.74, 6) is 2.79. The summed E-state index contributed by atoms with van der Waals surface area (Å²) in [4.78, 5) is 12.5. The highest BCUT2D eigenvalue weighted by Gasteiger charge is 2.74. The number of hydrogen-bond acceptors (Lipinski definition) is 3. The number of carbonyl (C=O) groups excluding carboxylic acids is 1. The van der Waals surface area contributed by atoms with Crippen molar-refractivity contribution in [1.29, 1.82) is 0 Å². The minimum atomic E-state index is -0.0657. The summed E-state index contributed by atoms with van der Waals surface area (Å²) in [5.41, 5.74) is 0.419. The molecular weight excluding hydrogens is 292 g/mol. The number of thioether (sulfide) groups is 1. The van der Waals surface area contributed by atoms with E-state index in [1.165, 1.54) is 19.3 Å². The first kappa shape index (κ1) is 14.3. The van der Waals surface area contributed by atoms with E-state index in [4.69, 9.17) is 0 Å². The van der Waals surface area contributed by atoms with E-state index in [1.807, 2.05) is 0 Å². The summed E-state index contributed by atoms with van der Waals surface area (Å²) in [5, 5.41) is 11.0.